The first-order valence-corrected chi connectivity index (χ1v) is 2.89. The third-order valence-corrected chi connectivity index (χ3v) is 1.27. The molecule has 0 aliphatic carbocycles. The molecule has 0 radical (unpaired) electrons. The average Bonchev–Trinajstić information content (AvgIpc) is 2.34. The first kappa shape index (κ1) is 7.10. The van der Waals surface area contributed by atoms with Gasteiger partial charge in [0.2, 0.25) is 0 Å². The minimum absolute atomic E-state index is 0.116. The van der Waals surface area contributed by atoms with Gasteiger partial charge in [-0.25, -0.2) is 0 Å². The summed E-state index contributed by atoms with van der Waals surface area (Å²) in [6, 6.07) is 3.75. The van der Waals surface area contributed by atoms with Gasteiger partial charge >= 0.3 is 0 Å². The molecule has 1 rings (SSSR count). The zero-order valence-corrected chi connectivity index (χ0v) is 5.63. The summed E-state index contributed by atoms with van der Waals surface area (Å²) in [6.45, 7) is 0. The normalized spacial score (nSPS) is 8.55. The van der Waals surface area contributed by atoms with Crippen LogP contribution in [0.15, 0.2) is 0 Å². The van der Waals surface area contributed by atoms with Crippen molar-refractivity contribution < 1.29 is 0 Å². The highest BCUT2D eigenvalue weighted by Crippen LogP contribution is 2.11. The Hall–Kier alpha value is -2.01. The second kappa shape index (κ2) is 2.72. The summed E-state index contributed by atoms with van der Waals surface area (Å²) in [4.78, 5) is 0. The van der Waals surface area contributed by atoms with Crippen LogP contribution in [0.5, 0.6) is 0 Å². The molecule has 0 saturated heterocycles. The number of nitrogen functional groups attached to an aromatic ring is 1. The summed E-state index contributed by atoms with van der Waals surface area (Å²) in [5.74, 6) is 0.225. The van der Waals surface area contributed by atoms with Crippen molar-refractivity contribution in [2.24, 2.45) is 0 Å². The van der Waals surface area contributed by atoms with Gasteiger partial charge in [-0.15, -0.1) is 0 Å². The summed E-state index contributed by atoms with van der Waals surface area (Å²) in [6.07, 6.45) is 0.116. The van der Waals surface area contributed by atoms with E-state index in [1.54, 1.807) is 0 Å². The van der Waals surface area contributed by atoms with E-state index >= 15 is 0 Å². The van der Waals surface area contributed by atoms with Gasteiger partial charge in [0.05, 0.1) is 12.5 Å². The number of H-pyrrole nitrogens is 1. The van der Waals surface area contributed by atoms with Crippen LogP contribution in [0.3, 0.4) is 0 Å². The van der Waals surface area contributed by atoms with Gasteiger partial charge in [-0.2, -0.15) is 15.6 Å². The number of nitrogens with one attached hydrogen (secondary N) is 1. The second-order valence-electron chi connectivity index (χ2n) is 1.91. The molecule has 0 aliphatic heterocycles. The second-order valence-corrected chi connectivity index (χ2v) is 1.91. The van der Waals surface area contributed by atoms with Crippen LogP contribution in [0.25, 0.3) is 0 Å². The van der Waals surface area contributed by atoms with Crippen molar-refractivity contribution in [2.75, 3.05) is 5.73 Å². The smallest absolute Gasteiger partial charge is 0.150 e. The molecule has 1 heterocycles. The number of rotatable bonds is 1. The quantitative estimate of drug-likeness (QED) is 0.580. The molecule has 3 N–H and O–H groups in total. The van der Waals surface area contributed by atoms with Gasteiger partial charge in [-0.05, 0) is 0 Å². The van der Waals surface area contributed by atoms with Gasteiger partial charge in [-0.1, -0.05) is 0 Å². The molecule has 0 spiro atoms. The molecule has 54 valence electrons. The fraction of sp³-hybridized carbons (Fsp3) is 0.167. The Balaban J connectivity index is 3.12. The van der Waals surface area contributed by atoms with Crippen LogP contribution in [0, 0.1) is 22.7 Å². The van der Waals surface area contributed by atoms with Gasteiger partial charge in [0.1, 0.15) is 11.8 Å². The zero-order chi connectivity index (χ0) is 8.27. The first-order valence-electron chi connectivity index (χ1n) is 2.89. The maximum Gasteiger partial charge on any atom is 0.150 e. The van der Waals surface area contributed by atoms with E-state index < -0.39 is 0 Å². The molecule has 5 nitrogen and oxygen atoms in total. The zero-order valence-electron chi connectivity index (χ0n) is 5.63. The summed E-state index contributed by atoms with van der Waals surface area (Å²) < 4.78 is 0. The number of nitrogens with zero attached hydrogens (tertiary/aromatic N) is 3. The van der Waals surface area contributed by atoms with Crippen LogP contribution in [0.1, 0.15) is 11.3 Å². The minimum atomic E-state index is 0.116. The molecular formula is C6H5N5. The maximum absolute atomic E-state index is 8.47. The van der Waals surface area contributed by atoms with Gasteiger partial charge in [0, 0.05) is 5.56 Å². The standard InChI is InChI=1S/C6H5N5/c7-2-1-4-5(3-8)10-11-6(4)9/h1H2,(H3,9,10,11). The van der Waals surface area contributed by atoms with Crippen molar-refractivity contribution in [1.82, 2.24) is 10.2 Å². The third-order valence-electron chi connectivity index (χ3n) is 1.27. The van der Waals surface area contributed by atoms with Crippen LogP contribution in [-0.4, -0.2) is 10.2 Å². The monoisotopic (exact) mass is 147 g/mol. The molecule has 0 unspecified atom stereocenters. The highest BCUT2D eigenvalue weighted by atomic mass is 15.2. The summed E-state index contributed by atoms with van der Waals surface area (Å²) in [5.41, 5.74) is 6.11. The van der Waals surface area contributed by atoms with E-state index in [9.17, 15) is 0 Å². The fourth-order valence-corrected chi connectivity index (χ4v) is 0.730. The predicted molar refractivity (Wildman–Crippen MR) is 37.0 cm³/mol. The van der Waals surface area contributed by atoms with Crippen LogP contribution in [0.2, 0.25) is 0 Å². The Morgan fingerprint density at radius 3 is 2.82 bits per heavy atom. The summed E-state index contributed by atoms with van der Waals surface area (Å²) >= 11 is 0. The van der Waals surface area contributed by atoms with E-state index in [0.717, 1.165) is 0 Å². The van der Waals surface area contributed by atoms with E-state index in [2.05, 4.69) is 10.2 Å². The number of aromatic nitrogens is 2. The molecule has 0 aliphatic rings. The molecule has 5 heteroatoms. The van der Waals surface area contributed by atoms with E-state index in [-0.39, 0.29) is 17.9 Å². The van der Waals surface area contributed by atoms with Crippen molar-refractivity contribution in [3.8, 4) is 12.1 Å². The number of hydrogen-bond donors (Lipinski definition) is 2. The molecule has 0 saturated carbocycles. The van der Waals surface area contributed by atoms with Gasteiger partial charge in [0.25, 0.3) is 0 Å². The van der Waals surface area contributed by atoms with E-state index in [0.29, 0.717) is 5.56 Å². The van der Waals surface area contributed by atoms with E-state index in [1.165, 1.54) is 0 Å². The number of nitrogens with two attached hydrogens (primary N) is 1. The Morgan fingerprint density at radius 1 is 1.55 bits per heavy atom. The van der Waals surface area contributed by atoms with E-state index in [1.807, 2.05) is 12.1 Å². The Morgan fingerprint density at radius 2 is 2.27 bits per heavy atom. The number of hydrogen-bond acceptors (Lipinski definition) is 4. The van der Waals surface area contributed by atoms with E-state index in [4.69, 9.17) is 16.3 Å². The molecular weight excluding hydrogens is 142 g/mol. The molecule has 1 aromatic rings. The lowest BCUT2D eigenvalue weighted by Gasteiger charge is -1.87. The molecule has 0 atom stereocenters. The van der Waals surface area contributed by atoms with Crippen LogP contribution < -0.4 is 5.73 Å². The van der Waals surface area contributed by atoms with Gasteiger partial charge < -0.3 is 5.73 Å². The van der Waals surface area contributed by atoms with Gasteiger partial charge in [0.15, 0.2) is 5.82 Å². The first-order chi connectivity index (χ1) is 5.29. The Kier molecular flexibility index (Phi) is 1.75. The molecule has 0 fully saturated rings. The summed E-state index contributed by atoms with van der Waals surface area (Å²) in [7, 11) is 0. The van der Waals surface area contributed by atoms with Crippen LogP contribution >= 0.6 is 0 Å². The topological polar surface area (TPSA) is 102 Å². The SMILES string of the molecule is N#CCc1c(N)n[nH]c1C#N. The molecule has 1 aromatic heterocycles. The lowest BCUT2D eigenvalue weighted by Crippen LogP contribution is -1.91. The summed E-state index contributed by atoms with van der Waals surface area (Å²) in [5, 5.41) is 22.8. The molecule has 11 heavy (non-hydrogen) atoms. The maximum atomic E-state index is 8.47. The Bertz CT molecular complexity index is 337. The van der Waals surface area contributed by atoms with Crippen molar-refractivity contribution in [1.29, 1.82) is 10.5 Å². The van der Waals surface area contributed by atoms with Gasteiger partial charge in [-0.3, -0.25) is 5.10 Å². The van der Waals surface area contributed by atoms with Crippen molar-refractivity contribution in [3.63, 3.8) is 0 Å². The highest BCUT2D eigenvalue weighted by Gasteiger charge is 2.08. The molecule has 0 aromatic carbocycles. The molecule has 0 bridgehead atoms. The lowest BCUT2D eigenvalue weighted by molar-refractivity contribution is 1.08. The number of aromatic amines is 1. The average molecular weight is 147 g/mol. The largest absolute Gasteiger partial charge is 0.382 e. The van der Waals surface area contributed by atoms with Crippen LogP contribution in [-0.2, 0) is 6.42 Å². The predicted octanol–water partition coefficient (Wildman–Crippen LogP) is -0.0703. The van der Waals surface area contributed by atoms with Crippen LogP contribution in [0.4, 0.5) is 5.82 Å². The minimum Gasteiger partial charge on any atom is -0.382 e. The number of nitriles is 2. The van der Waals surface area contributed by atoms with Crippen molar-refractivity contribution >= 4 is 5.82 Å². The highest BCUT2D eigenvalue weighted by molar-refractivity contribution is 5.48. The number of anilines is 1. The third kappa shape index (κ3) is 1.12. The molecule has 0 amide bonds. The Labute approximate surface area is 63.0 Å². The van der Waals surface area contributed by atoms with Crippen molar-refractivity contribution in [2.45, 2.75) is 6.42 Å². The lowest BCUT2D eigenvalue weighted by atomic mass is 10.2. The fourth-order valence-electron chi connectivity index (χ4n) is 0.730. The van der Waals surface area contributed by atoms with Crippen molar-refractivity contribution in [3.05, 3.63) is 11.3 Å².